The minimum atomic E-state index is -1.08. The predicted molar refractivity (Wildman–Crippen MR) is 228 cm³/mol. The topological polar surface area (TPSA) is 124 Å². The summed E-state index contributed by atoms with van der Waals surface area (Å²) in [6, 6.07) is 31.3. The molecule has 0 aliphatic rings. The highest BCUT2D eigenvalue weighted by molar-refractivity contribution is 5.91. The fourth-order valence-electron chi connectivity index (χ4n) is 7.35. The summed E-state index contributed by atoms with van der Waals surface area (Å²) in [5.41, 5.74) is 5.49. The van der Waals surface area contributed by atoms with Gasteiger partial charge in [0.25, 0.3) is 0 Å². The van der Waals surface area contributed by atoms with Crippen LogP contribution >= 0.6 is 0 Å². The monoisotopic (exact) mass is 759 g/mol. The van der Waals surface area contributed by atoms with Crippen LogP contribution < -0.4 is 21.4 Å². The summed E-state index contributed by atoms with van der Waals surface area (Å²) in [5, 5.41) is 25.0. The number of nitrogens with zero attached hydrogens (tertiary/aromatic N) is 1. The second kappa shape index (κ2) is 21.2. The molecule has 0 saturated heterocycles. The van der Waals surface area contributed by atoms with Crippen molar-refractivity contribution in [3.63, 3.8) is 0 Å². The van der Waals surface area contributed by atoms with Crippen LogP contribution in [0.3, 0.4) is 0 Å². The Labute approximate surface area is 332 Å². The van der Waals surface area contributed by atoms with E-state index in [9.17, 15) is 19.5 Å². The van der Waals surface area contributed by atoms with Gasteiger partial charge in [-0.1, -0.05) is 119 Å². The Morgan fingerprint density at radius 3 is 1.89 bits per heavy atom. The Morgan fingerprint density at radius 2 is 1.30 bits per heavy atom. The zero-order valence-corrected chi connectivity index (χ0v) is 33.5. The van der Waals surface area contributed by atoms with Crippen LogP contribution in [-0.4, -0.2) is 58.8 Å². The minimum absolute atomic E-state index is 0.117. The summed E-state index contributed by atoms with van der Waals surface area (Å²) < 4.78 is 1.90. The van der Waals surface area contributed by atoms with E-state index in [1.807, 2.05) is 79.4 Å². The van der Waals surface area contributed by atoms with Gasteiger partial charge in [0.2, 0.25) is 17.7 Å². The normalized spacial score (nSPS) is 13.7. The Hall–Kier alpha value is -5.15. The number of carbonyl (C=O) groups excluding carboxylic acids is 3. The third-order valence-electron chi connectivity index (χ3n) is 10.8. The third-order valence-corrected chi connectivity index (χ3v) is 10.8. The minimum Gasteiger partial charge on any atom is -0.390 e. The second-order valence-corrected chi connectivity index (χ2v) is 15.8. The number of aromatic nitrogens is 1. The molecule has 5 aromatic rings. The largest absolute Gasteiger partial charge is 0.390 e. The molecule has 1 aromatic heterocycles. The molecule has 5 N–H and O–H groups in total. The van der Waals surface area contributed by atoms with Crippen molar-refractivity contribution < 1.29 is 19.5 Å². The van der Waals surface area contributed by atoms with Gasteiger partial charge in [-0.25, -0.2) is 0 Å². The Balaban J connectivity index is 1.38. The first kappa shape index (κ1) is 42.0. The molecular weight excluding hydrogens is 699 g/mol. The van der Waals surface area contributed by atoms with E-state index in [-0.39, 0.29) is 30.1 Å². The SMILES string of the molecule is CCC(C)CNC(=O)C[C@H](O)[C@H](CC(C)C)NC(=O)[C@H](CCCCNn1cccc1)NC(=O)C(Cc1cccc2ccccc12)Cc1cccc2ccccc12. The molecule has 4 atom stereocenters. The van der Waals surface area contributed by atoms with Crippen LogP contribution in [0.5, 0.6) is 0 Å². The fourth-order valence-corrected chi connectivity index (χ4v) is 7.35. The van der Waals surface area contributed by atoms with Gasteiger partial charge in [-0.15, -0.1) is 0 Å². The molecule has 298 valence electrons. The number of unbranched alkanes of at least 4 members (excludes halogenated alkanes) is 1. The molecule has 0 fully saturated rings. The van der Waals surface area contributed by atoms with Crippen LogP contribution in [0.25, 0.3) is 21.5 Å². The van der Waals surface area contributed by atoms with E-state index in [1.54, 1.807) is 0 Å². The number of rotatable bonds is 22. The molecule has 5 rings (SSSR count). The van der Waals surface area contributed by atoms with Crippen LogP contribution in [0.2, 0.25) is 0 Å². The van der Waals surface area contributed by atoms with E-state index in [0.29, 0.717) is 51.1 Å². The first-order chi connectivity index (χ1) is 27.1. The van der Waals surface area contributed by atoms with Gasteiger partial charge in [-0.05, 0) is 95.2 Å². The summed E-state index contributed by atoms with van der Waals surface area (Å²) in [6.07, 6.45) is 6.96. The van der Waals surface area contributed by atoms with Crippen molar-refractivity contribution in [2.24, 2.45) is 17.8 Å². The number of aliphatic hydroxyl groups excluding tert-OH is 1. The number of hydrogen-bond acceptors (Lipinski definition) is 5. The molecule has 9 heteroatoms. The van der Waals surface area contributed by atoms with Gasteiger partial charge < -0.3 is 26.5 Å². The number of amides is 3. The molecule has 4 aromatic carbocycles. The van der Waals surface area contributed by atoms with Gasteiger partial charge in [0.15, 0.2) is 0 Å². The standard InChI is InChI=1S/C47H61N5O4/c1-5-34(4)32-48-45(54)31-44(53)43(28-33(2)3)51-47(56)42(24-10-11-25-49-52-26-12-13-27-52)50-46(55)39(29-37-20-14-18-35-16-6-8-22-40(35)37)30-38-21-15-19-36-17-7-9-23-41(36)38/h6-9,12-23,26-27,33-34,39,42-44,49,53H,5,10-11,24-25,28-32H2,1-4H3,(H,48,54)(H,50,55)(H,51,56)/t34?,42-,43-,44-/m0/s1. The lowest BCUT2D eigenvalue weighted by atomic mass is 9.87. The molecule has 0 saturated carbocycles. The number of nitrogens with one attached hydrogen (secondary N) is 4. The summed E-state index contributed by atoms with van der Waals surface area (Å²) in [4.78, 5) is 41.8. The van der Waals surface area contributed by atoms with E-state index in [4.69, 9.17) is 0 Å². The van der Waals surface area contributed by atoms with Gasteiger partial charge in [0.1, 0.15) is 6.04 Å². The molecule has 9 nitrogen and oxygen atoms in total. The molecule has 1 unspecified atom stereocenters. The van der Waals surface area contributed by atoms with Crippen molar-refractivity contribution in [2.75, 3.05) is 18.5 Å². The molecule has 0 spiro atoms. The van der Waals surface area contributed by atoms with Crippen LogP contribution in [0.4, 0.5) is 0 Å². The average molecular weight is 760 g/mol. The molecule has 3 amide bonds. The number of carbonyl (C=O) groups is 3. The molecular formula is C47H61N5O4. The molecule has 0 aliphatic heterocycles. The third kappa shape index (κ3) is 12.4. The van der Waals surface area contributed by atoms with Crippen molar-refractivity contribution in [2.45, 2.75) is 97.2 Å². The number of aliphatic hydroxyl groups is 1. The second-order valence-electron chi connectivity index (χ2n) is 15.8. The Kier molecular flexibility index (Phi) is 15.9. The molecule has 0 radical (unpaired) electrons. The zero-order valence-electron chi connectivity index (χ0n) is 33.5. The first-order valence-corrected chi connectivity index (χ1v) is 20.5. The molecule has 0 aliphatic carbocycles. The maximum atomic E-state index is 14.7. The van der Waals surface area contributed by atoms with E-state index >= 15 is 0 Å². The average Bonchev–Trinajstić information content (AvgIpc) is 3.72. The highest BCUT2D eigenvalue weighted by atomic mass is 16.3. The van der Waals surface area contributed by atoms with E-state index in [2.05, 4.69) is 83.8 Å². The lowest BCUT2D eigenvalue weighted by Gasteiger charge is -2.29. The van der Waals surface area contributed by atoms with Gasteiger partial charge in [0, 0.05) is 31.4 Å². The molecule has 56 heavy (non-hydrogen) atoms. The van der Waals surface area contributed by atoms with Crippen LogP contribution in [0.15, 0.2) is 109 Å². The Morgan fingerprint density at radius 1 is 0.714 bits per heavy atom. The number of benzene rings is 4. The highest BCUT2D eigenvalue weighted by Crippen LogP contribution is 2.27. The van der Waals surface area contributed by atoms with Crippen LogP contribution in [0.1, 0.15) is 77.3 Å². The summed E-state index contributed by atoms with van der Waals surface area (Å²) in [5.74, 6) is -0.779. The quantitative estimate of drug-likeness (QED) is 0.0467. The van der Waals surface area contributed by atoms with Crippen molar-refractivity contribution >= 4 is 39.3 Å². The zero-order chi connectivity index (χ0) is 39.9. The Bertz CT molecular complexity index is 1900. The first-order valence-electron chi connectivity index (χ1n) is 20.5. The highest BCUT2D eigenvalue weighted by Gasteiger charge is 2.31. The van der Waals surface area contributed by atoms with Crippen molar-refractivity contribution in [1.82, 2.24) is 20.6 Å². The molecule has 1 heterocycles. The van der Waals surface area contributed by atoms with Crippen LogP contribution in [-0.2, 0) is 27.2 Å². The van der Waals surface area contributed by atoms with E-state index < -0.39 is 24.1 Å². The summed E-state index contributed by atoms with van der Waals surface area (Å²) in [6.45, 7) is 9.42. The predicted octanol–water partition coefficient (Wildman–Crippen LogP) is 7.54. The summed E-state index contributed by atoms with van der Waals surface area (Å²) >= 11 is 0. The number of fused-ring (bicyclic) bond motifs is 2. The fraction of sp³-hybridized carbons (Fsp3) is 0.426. The van der Waals surface area contributed by atoms with E-state index in [0.717, 1.165) is 45.5 Å². The van der Waals surface area contributed by atoms with E-state index in [1.165, 1.54) is 0 Å². The van der Waals surface area contributed by atoms with Gasteiger partial charge >= 0.3 is 0 Å². The lowest BCUT2D eigenvalue weighted by molar-refractivity contribution is -0.132. The van der Waals surface area contributed by atoms with Crippen LogP contribution in [0, 0.1) is 17.8 Å². The van der Waals surface area contributed by atoms with Crippen molar-refractivity contribution in [1.29, 1.82) is 0 Å². The van der Waals surface area contributed by atoms with Gasteiger partial charge in [-0.3, -0.25) is 19.1 Å². The maximum absolute atomic E-state index is 14.7. The maximum Gasteiger partial charge on any atom is 0.242 e. The van der Waals surface area contributed by atoms with Gasteiger partial charge in [0.05, 0.1) is 18.6 Å². The number of hydrogen-bond donors (Lipinski definition) is 5. The van der Waals surface area contributed by atoms with Crippen molar-refractivity contribution in [3.05, 3.63) is 121 Å². The molecule has 0 bridgehead atoms. The summed E-state index contributed by atoms with van der Waals surface area (Å²) in [7, 11) is 0. The van der Waals surface area contributed by atoms with Crippen molar-refractivity contribution in [3.8, 4) is 0 Å². The smallest absolute Gasteiger partial charge is 0.242 e. The lowest BCUT2D eigenvalue weighted by Crippen LogP contribution is -2.54. The van der Waals surface area contributed by atoms with Gasteiger partial charge in [-0.2, -0.15) is 0 Å².